The second-order valence-corrected chi connectivity index (χ2v) is 5.43. The molecule has 1 N–H and O–H groups in total. The number of fused-ring (bicyclic) bond motifs is 2. The van der Waals surface area contributed by atoms with Gasteiger partial charge in [-0.1, -0.05) is 19.8 Å². The fraction of sp³-hybridized carbons (Fsp3) is 0.917. The topological polar surface area (TPSA) is 46.5 Å². The van der Waals surface area contributed by atoms with E-state index in [0.717, 1.165) is 32.1 Å². The molecule has 4 aliphatic rings. The first-order chi connectivity index (χ1) is 7.07. The number of rotatable bonds is 0. The second kappa shape index (κ2) is 3.90. The standard InChI is InChI=1S/C12H18O3.W/c1-8-10(13)9-4-7-12(8,14)15-11(9)5-2-3-6-11;/h8-9,14H,2-7H2,1H3;. The van der Waals surface area contributed by atoms with Crippen molar-refractivity contribution >= 4 is 5.78 Å². The van der Waals surface area contributed by atoms with E-state index in [1.54, 1.807) is 6.92 Å². The molecule has 0 aromatic carbocycles. The molecule has 0 aromatic rings. The van der Waals surface area contributed by atoms with E-state index in [2.05, 4.69) is 0 Å². The van der Waals surface area contributed by atoms with Crippen molar-refractivity contribution in [1.82, 2.24) is 0 Å². The summed E-state index contributed by atoms with van der Waals surface area (Å²) in [6.07, 6.45) is 5.63. The van der Waals surface area contributed by atoms with Crippen molar-refractivity contribution in [3.63, 3.8) is 0 Å². The molecule has 3 nitrogen and oxygen atoms in total. The van der Waals surface area contributed by atoms with Crippen LogP contribution in [0.15, 0.2) is 0 Å². The van der Waals surface area contributed by atoms with Crippen molar-refractivity contribution in [3.8, 4) is 0 Å². The van der Waals surface area contributed by atoms with Crippen LogP contribution in [0.2, 0.25) is 0 Å². The van der Waals surface area contributed by atoms with Crippen molar-refractivity contribution in [2.75, 3.05) is 0 Å². The van der Waals surface area contributed by atoms with Gasteiger partial charge in [-0.15, -0.1) is 0 Å². The smallest absolute Gasteiger partial charge is 0.175 e. The quantitative estimate of drug-likeness (QED) is 0.680. The number of aliphatic hydroxyl groups is 1. The van der Waals surface area contributed by atoms with Gasteiger partial charge >= 0.3 is 0 Å². The van der Waals surface area contributed by atoms with Gasteiger partial charge in [0.05, 0.1) is 11.5 Å². The summed E-state index contributed by atoms with van der Waals surface area (Å²) >= 11 is 0. The molecule has 0 radical (unpaired) electrons. The molecule has 90 valence electrons. The molecule has 16 heavy (non-hydrogen) atoms. The van der Waals surface area contributed by atoms with E-state index in [1.807, 2.05) is 0 Å². The van der Waals surface area contributed by atoms with Crippen molar-refractivity contribution in [3.05, 3.63) is 0 Å². The summed E-state index contributed by atoms with van der Waals surface area (Å²) in [5, 5.41) is 10.3. The molecule has 4 rings (SSSR count). The molecule has 2 saturated heterocycles. The average Bonchev–Trinajstić information content (AvgIpc) is 2.62. The van der Waals surface area contributed by atoms with Gasteiger partial charge in [0.1, 0.15) is 5.78 Å². The zero-order valence-corrected chi connectivity index (χ0v) is 12.5. The monoisotopic (exact) mass is 394 g/mol. The van der Waals surface area contributed by atoms with Gasteiger partial charge in [0.25, 0.3) is 0 Å². The van der Waals surface area contributed by atoms with Crippen LogP contribution in [0.4, 0.5) is 0 Å². The molecule has 2 saturated carbocycles. The Kier molecular flexibility index (Phi) is 3.10. The third kappa shape index (κ3) is 1.48. The summed E-state index contributed by atoms with van der Waals surface area (Å²) in [7, 11) is 0. The van der Waals surface area contributed by atoms with Crippen LogP contribution in [0.3, 0.4) is 0 Å². The van der Waals surface area contributed by atoms with E-state index in [9.17, 15) is 9.90 Å². The summed E-state index contributed by atoms with van der Waals surface area (Å²) in [6.45, 7) is 1.80. The molecule has 4 fully saturated rings. The number of hydrogen-bond acceptors (Lipinski definition) is 3. The Labute approximate surface area is 110 Å². The SMILES string of the molecule is CC1C(=O)C2CCC1(O)OC21CCCC1.[W]. The summed E-state index contributed by atoms with van der Waals surface area (Å²) in [5.41, 5.74) is -0.295. The summed E-state index contributed by atoms with van der Waals surface area (Å²) < 4.78 is 5.94. The first-order valence-electron chi connectivity index (χ1n) is 6.04. The maximum Gasteiger partial charge on any atom is 0.175 e. The van der Waals surface area contributed by atoms with Crippen molar-refractivity contribution in [1.29, 1.82) is 0 Å². The first-order valence-corrected chi connectivity index (χ1v) is 6.04. The van der Waals surface area contributed by atoms with Crippen LogP contribution < -0.4 is 0 Å². The molecule has 2 aliphatic carbocycles. The molecule has 2 aliphatic heterocycles. The number of ketones is 1. The molecule has 4 heteroatoms. The van der Waals surface area contributed by atoms with Crippen molar-refractivity contribution in [2.45, 2.75) is 56.8 Å². The maximum absolute atomic E-state index is 12.1. The second-order valence-electron chi connectivity index (χ2n) is 5.43. The normalized spacial score (nSPS) is 44.8. The summed E-state index contributed by atoms with van der Waals surface area (Å²) in [5.74, 6) is -1.20. The predicted octanol–water partition coefficient (Wildman–Crippen LogP) is 1.63. The molecule has 2 heterocycles. The third-order valence-corrected chi connectivity index (χ3v) is 4.70. The Morgan fingerprint density at radius 3 is 2.50 bits per heavy atom. The Morgan fingerprint density at radius 1 is 1.31 bits per heavy atom. The van der Waals surface area contributed by atoms with E-state index in [1.165, 1.54) is 0 Å². The molecule has 0 amide bonds. The largest absolute Gasteiger partial charge is 0.365 e. The number of ether oxygens (including phenoxy) is 1. The van der Waals surface area contributed by atoms with Crippen LogP contribution in [-0.2, 0) is 30.6 Å². The minimum atomic E-state index is -1.16. The van der Waals surface area contributed by atoms with E-state index in [4.69, 9.17) is 4.74 Å². The number of Topliss-reactive ketones (excluding diaryl/α,β-unsaturated/α-hetero) is 1. The Bertz CT molecular complexity index is 311. The van der Waals surface area contributed by atoms with Gasteiger partial charge in [-0.2, -0.15) is 0 Å². The van der Waals surface area contributed by atoms with Gasteiger partial charge in [-0.05, 0) is 19.3 Å². The summed E-state index contributed by atoms with van der Waals surface area (Å²) in [6, 6.07) is 0. The third-order valence-electron chi connectivity index (χ3n) is 4.70. The molecular formula is C12H18O3W. The Hall–Kier alpha value is 0.278. The van der Waals surface area contributed by atoms with Gasteiger partial charge in [0.15, 0.2) is 5.79 Å². The molecule has 1 spiro atoms. The summed E-state index contributed by atoms with van der Waals surface area (Å²) in [4.78, 5) is 12.1. The minimum Gasteiger partial charge on any atom is -0.365 e. The number of carbonyl (C=O) groups is 1. The van der Waals surface area contributed by atoms with Gasteiger partial charge in [0.2, 0.25) is 0 Å². The van der Waals surface area contributed by atoms with Gasteiger partial charge in [-0.25, -0.2) is 0 Å². The van der Waals surface area contributed by atoms with Crippen molar-refractivity contribution < 1.29 is 35.7 Å². The average molecular weight is 394 g/mol. The van der Waals surface area contributed by atoms with Gasteiger partial charge < -0.3 is 9.84 Å². The van der Waals surface area contributed by atoms with Crippen LogP contribution in [-0.4, -0.2) is 22.3 Å². The predicted molar refractivity (Wildman–Crippen MR) is 54.1 cm³/mol. The fourth-order valence-corrected chi connectivity index (χ4v) is 3.74. The van der Waals surface area contributed by atoms with Crippen molar-refractivity contribution in [2.24, 2.45) is 11.8 Å². The zero-order valence-electron chi connectivity index (χ0n) is 9.57. The number of carbonyl (C=O) groups excluding carboxylic acids is 1. The van der Waals surface area contributed by atoms with Gasteiger partial charge in [0, 0.05) is 33.4 Å². The van der Waals surface area contributed by atoms with E-state index in [0.29, 0.717) is 6.42 Å². The van der Waals surface area contributed by atoms with Crippen LogP contribution in [0, 0.1) is 11.8 Å². The van der Waals surface area contributed by atoms with Crippen LogP contribution in [0.25, 0.3) is 0 Å². The molecule has 3 unspecified atom stereocenters. The number of hydrogen-bond donors (Lipinski definition) is 1. The zero-order chi connectivity index (χ0) is 10.7. The minimum absolute atomic E-state index is 0. The van der Waals surface area contributed by atoms with E-state index < -0.39 is 5.79 Å². The van der Waals surface area contributed by atoms with E-state index >= 15 is 0 Å². The van der Waals surface area contributed by atoms with E-state index in [-0.39, 0.29) is 44.3 Å². The molecular weight excluding hydrogens is 376 g/mol. The Balaban J connectivity index is 0.000000963. The van der Waals surface area contributed by atoms with Crippen LogP contribution in [0.1, 0.15) is 45.4 Å². The molecule has 2 bridgehead atoms. The maximum atomic E-state index is 12.1. The Morgan fingerprint density at radius 2 is 1.94 bits per heavy atom. The fourth-order valence-electron chi connectivity index (χ4n) is 3.74. The van der Waals surface area contributed by atoms with Gasteiger partial charge in [-0.3, -0.25) is 4.79 Å². The molecule has 3 atom stereocenters. The first kappa shape index (κ1) is 12.7. The molecule has 0 aromatic heterocycles. The van der Waals surface area contributed by atoms with Crippen LogP contribution in [0.5, 0.6) is 0 Å². The van der Waals surface area contributed by atoms with Crippen LogP contribution >= 0.6 is 0 Å².